The topological polar surface area (TPSA) is 25.2 Å². The van der Waals surface area contributed by atoms with Crippen molar-refractivity contribution in [2.75, 3.05) is 6.54 Å². The molecule has 0 aliphatic carbocycles. The van der Waals surface area contributed by atoms with Crippen molar-refractivity contribution in [3.63, 3.8) is 0 Å². The summed E-state index contributed by atoms with van der Waals surface area (Å²) in [7, 11) is 0. The lowest BCUT2D eigenvalue weighted by Gasteiger charge is -2.28. The largest absolute Gasteiger partial charge is 0.348 e. The molecule has 0 radical (unpaired) electrons. The predicted octanol–water partition coefficient (Wildman–Crippen LogP) is 1.63. The minimum Gasteiger partial charge on any atom is -0.348 e. The third-order valence-corrected chi connectivity index (χ3v) is 2.70. The van der Waals surface area contributed by atoms with Crippen LogP contribution in [0.3, 0.4) is 0 Å². The summed E-state index contributed by atoms with van der Waals surface area (Å²) in [5.74, 6) is 0.292. The van der Waals surface area contributed by atoms with Crippen LogP contribution in [0.1, 0.15) is 25.5 Å². The highest BCUT2D eigenvalue weighted by Gasteiger charge is 2.18. The van der Waals surface area contributed by atoms with E-state index in [1.165, 1.54) is 5.69 Å². The number of hydrogen-bond donors (Lipinski definition) is 0. The van der Waals surface area contributed by atoms with Crippen LogP contribution in [0, 0.1) is 0 Å². The molecule has 3 heteroatoms. The Kier molecular flexibility index (Phi) is 2.57. The van der Waals surface area contributed by atoms with Gasteiger partial charge in [0.1, 0.15) is 0 Å². The van der Waals surface area contributed by atoms with Gasteiger partial charge in [0.25, 0.3) is 0 Å². The standard InChI is InChI=1S/C11H16N2O/c1-2-4-11(14)13-8-7-12-6-3-5-10(12)9-13/h3,5-6H,2,4,7-9H2,1H3. The van der Waals surface area contributed by atoms with Crippen molar-refractivity contribution in [1.29, 1.82) is 0 Å². The number of carbonyl (C=O) groups is 1. The molecule has 0 bridgehead atoms. The van der Waals surface area contributed by atoms with E-state index in [-0.39, 0.29) is 0 Å². The second kappa shape index (κ2) is 3.86. The van der Waals surface area contributed by atoms with Crippen molar-refractivity contribution >= 4 is 5.91 Å². The van der Waals surface area contributed by atoms with Gasteiger partial charge in [-0.15, -0.1) is 0 Å². The second-order valence-electron chi connectivity index (χ2n) is 3.76. The minimum absolute atomic E-state index is 0.292. The molecule has 1 aliphatic heterocycles. The van der Waals surface area contributed by atoms with Gasteiger partial charge in [-0.25, -0.2) is 0 Å². The fourth-order valence-electron chi connectivity index (χ4n) is 1.90. The molecule has 0 N–H and O–H groups in total. The Balaban J connectivity index is 2.04. The first kappa shape index (κ1) is 9.31. The van der Waals surface area contributed by atoms with Gasteiger partial charge in [-0.05, 0) is 18.6 Å². The highest BCUT2D eigenvalue weighted by atomic mass is 16.2. The van der Waals surface area contributed by atoms with Crippen LogP contribution in [0.5, 0.6) is 0 Å². The quantitative estimate of drug-likeness (QED) is 0.699. The maximum Gasteiger partial charge on any atom is 0.222 e. The second-order valence-corrected chi connectivity index (χ2v) is 3.76. The molecule has 0 saturated heterocycles. The van der Waals surface area contributed by atoms with E-state index in [4.69, 9.17) is 0 Å². The molecule has 1 aliphatic rings. The molecule has 76 valence electrons. The molecule has 14 heavy (non-hydrogen) atoms. The van der Waals surface area contributed by atoms with Gasteiger partial charge in [-0.1, -0.05) is 6.92 Å². The van der Waals surface area contributed by atoms with Crippen LogP contribution in [0.4, 0.5) is 0 Å². The van der Waals surface area contributed by atoms with E-state index in [2.05, 4.69) is 16.8 Å². The Morgan fingerprint density at radius 3 is 3.14 bits per heavy atom. The van der Waals surface area contributed by atoms with Gasteiger partial charge in [0.05, 0.1) is 6.54 Å². The molecule has 1 amide bonds. The number of carbonyl (C=O) groups excluding carboxylic acids is 1. The highest BCUT2D eigenvalue weighted by molar-refractivity contribution is 5.76. The van der Waals surface area contributed by atoms with Crippen LogP contribution in [0.15, 0.2) is 18.3 Å². The predicted molar refractivity (Wildman–Crippen MR) is 54.8 cm³/mol. The number of nitrogens with zero attached hydrogens (tertiary/aromatic N) is 2. The van der Waals surface area contributed by atoms with E-state index in [1.54, 1.807) is 0 Å². The van der Waals surface area contributed by atoms with Crippen LogP contribution in [-0.4, -0.2) is 21.9 Å². The van der Waals surface area contributed by atoms with Gasteiger partial charge in [0.2, 0.25) is 5.91 Å². The SMILES string of the molecule is CCCC(=O)N1CCn2cccc2C1. The molecule has 0 fully saturated rings. The van der Waals surface area contributed by atoms with Gasteiger partial charge < -0.3 is 9.47 Å². The van der Waals surface area contributed by atoms with Crippen LogP contribution in [-0.2, 0) is 17.9 Å². The maximum atomic E-state index is 11.6. The third kappa shape index (κ3) is 1.67. The molecule has 2 heterocycles. The van der Waals surface area contributed by atoms with Crippen LogP contribution < -0.4 is 0 Å². The minimum atomic E-state index is 0.292. The monoisotopic (exact) mass is 192 g/mol. The molecule has 2 rings (SSSR count). The number of aromatic nitrogens is 1. The summed E-state index contributed by atoms with van der Waals surface area (Å²) in [6.07, 6.45) is 3.70. The van der Waals surface area contributed by atoms with E-state index < -0.39 is 0 Å². The summed E-state index contributed by atoms with van der Waals surface area (Å²) in [6, 6.07) is 4.13. The fraction of sp³-hybridized carbons (Fsp3) is 0.545. The zero-order chi connectivity index (χ0) is 9.97. The summed E-state index contributed by atoms with van der Waals surface area (Å²) in [4.78, 5) is 13.6. The van der Waals surface area contributed by atoms with Crippen molar-refractivity contribution in [1.82, 2.24) is 9.47 Å². The Bertz CT molecular complexity index is 330. The molecule has 1 aromatic heterocycles. The number of amides is 1. The van der Waals surface area contributed by atoms with E-state index in [9.17, 15) is 4.79 Å². The normalized spacial score (nSPS) is 15.4. The van der Waals surface area contributed by atoms with E-state index in [1.807, 2.05) is 17.9 Å². The van der Waals surface area contributed by atoms with Gasteiger partial charge in [-0.3, -0.25) is 4.79 Å². The molecule has 0 spiro atoms. The molecular formula is C11H16N2O. The number of rotatable bonds is 2. The number of fused-ring (bicyclic) bond motifs is 1. The zero-order valence-corrected chi connectivity index (χ0v) is 8.57. The summed E-state index contributed by atoms with van der Waals surface area (Å²) in [5.41, 5.74) is 1.25. The summed E-state index contributed by atoms with van der Waals surface area (Å²) in [5, 5.41) is 0. The highest BCUT2D eigenvalue weighted by Crippen LogP contribution is 2.13. The van der Waals surface area contributed by atoms with Crippen molar-refractivity contribution in [3.05, 3.63) is 24.0 Å². The molecule has 1 aromatic rings. The Labute approximate surface area is 84.3 Å². The summed E-state index contributed by atoms with van der Waals surface area (Å²) < 4.78 is 2.22. The van der Waals surface area contributed by atoms with Crippen molar-refractivity contribution < 1.29 is 4.79 Å². The third-order valence-electron chi connectivity index (χ3n) is 2.70. The van der Waals surface area contributed by atoms with Crippen molar-refractivity contribution in [2.45, 2.75) is 32.9 Å². The van der Waals surface area contributed by atoms with Gasteiger partial charge in [0.15, 0.2) is 0 Å². The molecule has 0 atom stereocenters. The lowest BCUT2D eigenvalue weighted by molar-refractivity contribution is -0.132. The lowest BCUT2D eigenvalue weighted by Crippen LogP contribution is -2.37. The first-order valence-electron chi connectivity index (χ1n) is 5.23. The summed E-state index contributed by atoms with van der Waals surface area (Å²) in [6.45, 7) is 4.63. The first-order valence-corrected chi connectivity index (χ1v) is 5.23. The van der Waals surface area contributed by atoms with Gasteiger partial charge in [0, 0.05) is 31.4 Å². The Morgan fingerprint density at radius 1 is 1.50 bits per heavy atom. The molecule has 0 aromatic carbocycles. The van der Waals surface area contributed by atoms with E-state index in [0.29, 0.717) is 12.3 Å². The van der Waals surface area contributed by atoms with Gasteiger partial charge in [-0.2, -0.15) is 0 Å². The van der Waals surface area contributed by atoms with Crippen LogP contribution >= 0.6 is 0 Å². The van der Waals surface area contributed by atoms with Crippen LogP contribution in [0.2, 0.25) is 0 Å². The first-order chi connectivity index (χ1) is 6.81. The smallest absolute Gasteiger partial charge is 0.222 e. The van der Waals surface area contributed by atoms with Crippen molar-refractivity contribution in [2.24, 2.45) is 0 Å². The average Bonchev–Trinajstić information content (AvgIpc) is 2.64. The van der Waals surface area contributed by atoms with E-state index in [0.717, 1.165) is 26.1 Å². The molecular weight excluding hydrogens is 176 g/mol. The van der Waals surface area contributed by atoms with Crippen molar-refractivity contribution in [3.8, 4) is 0 Å². The molecule has 3 nitrogen and oxygen atoms in total. The Hall–Kier alpha value is -1.25. The molecule has 0 saturated carbocycles. The fourth-order valence-corrected chi connectivity index (χ4v) is 1.90. The summed E-state index contributed by atoms with van der Waals surface area (Å²) >= 11 is 0. The van der Waals surface area contributed by atoms with Crippen LogP contribution in [0.25, 0.3) is 0 Å². The average molecular weight is 192 g/mol. The maximum absolute atomic E-state index is 11.6. The lowest BCUT2D eigenvalue weighted by atomic mass is 10.2. The van der Waals surface area contributed by atoms with E-state index >= 15 is 0 Å². The Morgan fingerprint density at radius 2 is 2.36 bits per heavy atom. The molecule has 0 unspecified atom stereocenters. The van der Waals surface area contributed by atoms with Gasteiger partial charge >= 0.3 is 0 Å². The zero-order valence-electron chi connectivity index (χ0n) is 8.57. The number of hydrogen-bond acceptors (Lipinski definition) is 1.